The number of nitrogens with zero attached hydrogens (tertiary/aromatic N) is 1. The van der Waals surface area contributed by atoms with Crippen molar-refractivity contribution in [2.45, 2.75) is 63.8 Å². The first-order valence-electron chi connectivity index (χ1n) is 15.8. The SMILES string of the molecule is COc1cc(CNNC(=O)[C@@]2(CCC(=O)OC(C)(C)C)N=C(c3ccc(OCCCO)cc3)O[C@H]2c2ccc(Br)cc2)cc(OC)c1OC. The topological polar surface area (TPSA) is 146 Å². The number of hydrogen-bond acceptors (Lipinski definition) is 11. The second-order valence-corrected chi connectivity index (χ2v) is 13.2. The Morgan fingerprint density at radius 3 is 2.20 bits per heavy atom. The molecule has 1 aliphatic rings. The third kappa shape index (κ3) is 9.64. The van der Waals surface area contributed by atoms with Crippen LogP contribution >= 0.6 is 15.9 Å². The number of nitrogens with one attached hydrogen (secondary N) is 2. The summed E-state index contributed by atoms with van der Waals surface area (Å²) in [5.41, 5.74) is 5.60. The minimum absolute atomic E-state index is 0.00774. The number of aliphatic hydroxyl groups excluding tert-OH is 1. The largest absolute Gasteiger partial charge is 0.494 e. The number of aliphatic imine (C=N–C) groups is 1. The third-order valence-electron chi connectivity index (χ3n) is 7.55. The van der Waals surface area contributed by atoms with Crippen LogP contribution in [-0.4, -0.2) is 68.6 Å². The van der Waals surface area contributed by atoms with E-state index in [0.717, 1.165) is 10.0 Å². The lowest BCUT2D eigenvalue weighted by molar-refractivity contribution is -0.155. The van der Waals surface area contributed by atoms with Crippen LogP contribution in [0.5, 0.6) is 23.0 Å². The summed E-state index contributed by atoms with van der Waals surface area (Å²) in [5, 5.41) is 9.07. The standard InChI is InChI=1S/C36H44BrN3O9/c1-35(2,3)49-30(42)16-17-36(34(43)40-38-22-23-20-28(44-4)31(46-6)29(21-23)45-5)32(24-8-12-26(37)13-9-24)48-33(39-36)25-10-14-27(15-11-25)47-19-7-18-41/h8-15,20-21,32,38,41H,7,16-19,22H2,1-6H3,(H,40,43)/t32-,36-/m0/s1. The molecule has 0 unspecified atom stereocenters. The average molecular weight is 743 g/mol. The van der Waals surface area contributed by atoms with Crippen LogP contribution in [0.3, 0.4) is 0 Å². The van der Waals surface area contributed by atoms with Gasteiger partial charge in [0, 0.05) is 36.0 Å². The summed E-state index contributed by atoms with van der Waals surface area (Å²) in [4.78, 5) is 32.3. The highest BCUT2D eigenvalue weighted by Gasteiger charge is 2.53. The molecule has 1 amide bonds. The van der Waals surface area contributed by atoms with Crippen molar-refractivity contribution in [3.63, 3.8) is 0 Å². The summed E-state index contributed by atoms with van der Waals surface area (Å²) in [6, 6.07) is 18.1. The second-order valence-electron chi connectivity index (χ2n) is 12.3. The number of amides is 1. The molecule has 4 rings (SSSR count). The number of carbonyl (C=O) groups is 2. The first-order chi connectivity index (χ1) is 23.4. The number of ether oxygens (including phenoxy) is 6. The van der Waals surface area contributed by atoms with Crippen molar-refractivity contribution in [3.05, 3.63) is 81.8 Å². The molecule has 0 fully saturated rings. The van der Waals surface area contributed by atoms with E-state index in [2.05, 4.69) is 26.8 Å². The monoisotopic (exact) mass is 741 g/mol. The molecule has 0 saturated carbocycles. The highest BCUT2D eigenvalue weighted by atomic mass is 79.9. The van der Waals surface area contributed by atoms with Crippen LogP contribution in [-0.2, 0) is 25.6 Å². The summed E-state index contributed by atoms with van der Waals surface area (Å²) in [5.74, 6) is 1.27. The van der Waals surface area contributed by atoms with E-state index in [-0.39, 0.29) is 31.9 Å². The van der Waals surface area contributed by atoms with Crippen LogP contribution in [0.4, 0.5) is 0 Å². The van der Waals surface area contributed by atoms with Crippen LogP contribution in [0.2, 0.25) is 0 Å². The fraction of sp³-hybridized carbons (Fsp3) is 0.417. The van der Waals surface area contributed by atoms with Gasteiger partial charge in [0.15, 0.2) is 23.1 Å². The minimum Gasteiger partial charge on any atom is -0.494 e. The van der Waals surface area contributed by atoms with Gasteiger partial charge in [-0.15, -0.1) is 0 Å². The Morgan fingerprint density at radius 2 is 1.63 bits per heavy atom. The van der Waals surface area contributed by atoms with Crippen molar-refractivity contribution >= 4 is 33.7 Å². The molecule has 3 aromatic rings. The van der Waals surface area contributed by atoms with Crippen LogP contribution in [0.25, 0.3) is 0 Å². The molecular formula is C36H44BrN3O9. The van der Waals surface area contributed by atoms with E-state index in [4.69, 9.17) is 38.5 Å². The van der Waals surface area contributed by atoms with Crippen molar-refractivity contribution in [2.75, 3.05) is 34.5 Å². The van der Waals surface area contributed by atoms with Gasteiger partial charge in [-0.2, -0.15) is 0 Å². The van der Waals surface area contributed by atoms with Gasteiger partial charge < -0.3 is 33.5 Å². The zero-order valence-electron chi connectivity index (χ0n) is 28.6. The summed E-state index contributed by atoms with van der Waals surface area (Å²) in [6.45, 7) is 5.97. The predicted octanol–water partition coefficient (Wildman–Crippen LogP) is 5.44. The van der Waals surface area contributed by atoms with Crippen LogP contribution in [0.15, 0.2) is 70.1 Å². The van der Waals surface area contributed by atoms with E-state index in [1.807, 2.05) is 24.3 Å². The number of aliphatic hydroxyl groups is 1. The van der Waals surface area contributed by atoms with E-state index in [1.165, 1.54) is 21.3 Å². The minimum atomic E-state index is -1.57. The Morgan fingerprint density at radius 1 is 0.980 bits per heavy atom. The molecule has 13 heteroatoms. The van der Waals surface area contributed by atoms with E-state index in [0.29, 0.717) is 47.2 Å². The molecule has 12 nitrogen and oxygen atoms in total. The lowest BCUT2D eigenvalue weighted by Gasteiger charge is -2.31. The zero-order valence-corrected chi connectivity index (χ0v) is 30.2. The normalized spacial score (nSPS) is 17.1. The van der Waals surface area contributed by atoms with Crippen molar-refractivity contribution in [3.8, 4) is 23.0 Å². The predicted molar refractivity (Wildman–Crippen MR) is 187 cm³/mol. The summed E-state index contributed by atoms with van der Waals surface area (Å²) < 4.78 is 35.0. The molecule has 1 heterocycles. The van der Waals surface area contributed by atoms with Gasteiger partial charge in [-0.1, -0.05) is 28.1 Å². The van der Waals surface area contributed by atoms with Gasteiger partial charge in [0.1, 0.15) is 11.4 Å². The Kier molecular flexibility index (Phi) is 12.9. The lowest BCUT2D eigenvalue weighted by Crippen LogP contribution is -2.52. The molecule has 264 valence electrons. The fourth-order valence-electron chi connectivity index (χ4n) is 5.27. The quantitative estimate of drug-likeness (QED) is 0.0987. The van der Waals surface area contributed by atoms with Crippen molar-refractivity contribution < 1.29 is 43.1 Å². The Hall–Kier alpha value is -4.33. The molecule has 3 N–H and O–H groups in total. The van der Waals surface area contributed by atoms with Crippen molar-refractivity contribution in [1.29, 1.82) is 0 Å². The number of hydrogen-bond donors (Lipinski definition) is 3. The van der Waals surface area contributed by atoms with Crippen LogP contribution in [0.1, 0.15) is 62.8 Å². The molecule has 49 heavy (non-hydrogen) atoms. The maximum atomic E-state index is 14.4. The van der Waals surface area contributed by atoms with Crippen molar-refractivity contribution in [2.24, 2.45) is 4.99 Å². The van der Waals surface area contributed by atoms with Gasteiger partial charge in [-0.3, -0.25) is 15.0 Å². The van der Waals surface area contributed by atoms with E-state index in [9.17, 15) is 9.59 Å². The molecule has 0 radical (unpaired) electrons. The van der Waals surface area contributed by atoms with Crippen molar-refractivity contribution in [1.82, 2.24) is 10.9 Å². The van der Waals surface area contributed by atoms with Gasteiger partial charge in [0.25, 0.3) is 5.91 Å². The molecular weight excluding hydrogens is 698 g/mol. The zero-order chi connectivity index (χ0) is 35.6. The average Bonchev–Trinajstić information content (AvgIpc) is 3.47. The maximum absolute atomic E-state index is 14.4. The number of esters is 1. The van der Waals surface area contributed by atoms with Crippen LogP contribution < -0.4 is 29.8 Å². The second kappa shape index (κ2) is 16.9. The summed E-state index contributed by atoms with van der Waals surface area (Å²) in [6.07, 6.45) is -0.481. The highest BCUT2D eigenvalue weighted by Crippen LogP contribution is 2.44. The number of halogens is 1. The first-order valence-corrected chi connectivity index (χ1v) is 16.6. The van der Waals surface area contributed by atoms with Gasteiger partial charge in [-0.25, -0.2) is 10.4 Å². The molecule has 0 aliphatic carbocycles. The number of hydrazine groups is 1. The lowest BCUT2D eigenvalue weighted by atomic mass is 9.83. The van der Waals surface area contributed by atoms with Gasteiger partial charge in [0.2, 0.25) is 11.6 Å². The highest BCUT2D eigenvalue weighted by molar-refractivity contribution is 9.10. The summed E-state index contributed by atoms with van der Waals surface area (Å²) in [7, 11) is 4.58. The molecule has 3 aromatic carbocycles. The molecule has 0 bridgehead atoms. The van der Waals surface area contributed by atoms with Gasteiger partial charge >= 0.3 is 5.97 Å². The Bertz CT molecular complexity index is 1580. The molecule has 0 saturated heterocycles. The van der Waals surface area contributed by atoms with E-state index in [1.54, 1.807) is 57.2 Å². The van der Waals surface area contributed by atoms with E-state index < -0.39 is 29.1 Å². The summed E-state index contributed by atoms with van der Waals surface area (Å²) >= 11 is 3.48. The third-order valence-corrected chi connectivity index (χ3v) is 8.08. The molecule has 2 atom stereocenters. The van der Waals surface area contributed by atoms with Gasteiger partial charge in [-0.05, 0) is 86.8 Å². The smallest absolute Gasteiger partial charge is 0.306 e. The van der Waals surface area contributed by atoms with Crippen LogP contribution in [0, 0.1) is 0 Å². The number of carbonyl (C=O) groups excluding carboxylic acids is 2. The molecule has 0 aromatic heterocycles. The maximum Gasteiger partial charge on any atom is 0.306 e. The number of methoxy groups -OCH3 is 3. The first kappa shape index (κ1) is 37.5. The van der Waals surface area contributed by atoms with Gasteiger partial charge in [0.05, 0.1) is 27.9 Å². The fourth-order valence-corrected chi connectivity index (χ4v) is 5.53. The number of benzene rings is 3. The van der Waals surface area contributed by atoms with E-state index >= 15 is 0 Å². The number of rotatable bonds is 16. The Balaban J connectivity index is 1.69. The molecule has 0 spiro atoms. The molecule has 1 aliphatic heterocycles. The Labute approximate surface area is 295 Å².